The van der Waals surface area contributed by atoms with Gasteiger partial charge in [0.2, 0.25) is 0 Å². The highest BCUT2D eigenvalue weighted by Gasteiger charge is 2.21. The summed E-state index contributed by atoms with van der Waals surface area (Å²) in [6.45, 7) is 4.20. The zero-order valence-electron chi connectivity index (χ0n) is 10.9. The molecule has 0 radical (unpaired) electrons. The second-order valence-corrected chi connectivity index (χ2v) is 5.42. The lowest BCUT2D eigenvalue weighted by Crippen LogP contribution is -2.30. The van der Waals surface area contributed by atoms with Gasteiger partial charge in [0.25, 0.3) is 0 Å². The van der Waals surface area contributed by atoms with E-state index >= 15 is 0 Å². The lowest BCUT2D eigenvalue weighted by molar-refractivity contribution is 0.211. The minimum Gasteiger partial charge on any atom is -0.493 e. The third-order valence-electron chi connectivity index (χ3n) is 4.04. The Kier molecular flexibility index (Phi) is 3.52. The van der Waals surface area contributed by atoms with Crippen molar-refractivity contribution in [1.29, 1.82) is 0 Å². The lowest BCUT2D eigenvalue weighted by Gasteiger charge is -2.30. The van der Waals surface area contributed by atoms with Gasteiger partial charge >= 0.3 is 0 Å². The fraction of sp³-hybridized carbons (Fsp3) is 0.600. The van der Waals surface area contributed by atoms with E-state index in [9.17, 15) is 0 Å². The van der Waals surface area contributed by atoms with Crippen LogP contribution in [0.15, 0.2) is 18.2 Å². The van der Waals surface area contributed by atoms with E-state index in [0.29, 0.717) is 0 Å². The molecular weight excluding hydrogens is 224 g/mol. The molecule has 1 fully saturated rings. The lowest BCUT2D eigenvalue weighted by atomic mass is 9.98. The summed E-state index contributed by atoms with van der Waals surface area (Å²) in [5.74, 6) is 1.06. The summed E-state index contributed by atoms with van der Waals surface area (Å²) in [5, 5.41) is 0. The predicted octanol–water partition coefficient (Wildman–Crippen LogP) is 2.45. The summed E-state index contributed by atoms with van der Waals surface area (Å²) in [6.07, 6.45) is 4.97. The number of benzene rings is 1. The van der Waals surface area contributed by atoms with Crippen molar-refractivity contribution in [3.8, 4) is 5.75 Å². The second kappa shape index (κ2) is 5.29. The van der Waals surface area contributed by atoms with Gasteiger partial charge in [-0.15, -0.1) is 0 Å². The number of ether oxygens (including phenoxy) is 1. The second-order valence-electron chi connectivity index (χ2n) is 5.42. The van der Waals surface area contributed by atoms with E-state index in [0.717, 1.165) is 25.3 Å². The third-order valence-corrected chi connectivity index (χ3v) is 4.04. The first kappa shape index (κ1) is 12.0. The van der Waals surface area contributed by atoms with Gasteiger partial charge in [0.05, 0.1) is 6.61 Å². The van der Waals surface area contributed by atoms with Crippen LogP contribution in [0.4, 0.5) is 0 Å². The maximum Gasteiger partial charge on any atom is 0.128 e. The Bertz CT molecular complexity index is 413. The first-order chi connectivity index (χ1) is 8.84. The normalized spacial score (nSPS) is 24.4. The molecule has 2 N–H and O–H groups in total. The van der Waals surface area contributed by atoms with E-state index in [1.165, 1.54) is 43.5 Å². The average Bonchev–Trinajstić information content (AvgIpc) is 2.41. The van der Waals surface area contributed by atoms with Crippen LogP contribution >= 0.6 is 0 Å². The number of piperidine rings is 1. The smallest absolute Gasteiger partial charge is 0.128 e. The number of hydrogen-bond acceptors (Lipinski definition) is 3. The van der Waals surface area contributed by atoms with Gasteiger partial charge in [-0.1, -0.05) is 24.6 Å². The van der Waals surface area contributed by atoms with Crippen molar-refractivity contribution in [2.75, 3.05) is 19.7 Å². The Labute approximate surface area is 109 Å². The zero-order valence-corrected chi connectivity index (χ0v) is 10.9. The summed E-state index contributed by atoms with van der Waals surface area (Å²) in [7, 11) is 0. The first-order valence-electron chi connectivity index (χ1n) is 7.07. The Morgan fingerprint density at radius 3 is 2.89 bits per heavy atom. The Morgan fingerprint density at radius 2 is 2.06 bits per heavy atom. The van der Waals surface area contributed by atoms with Crippen molar-refractivity contribution >= 4 is 0 Å². The summed E-state index contributed by atoms with van der Waals surface area (Å²) in [6, 6.07) is 6.56. The molecule has 1 unspecified atom stereocenters. The summed E-state index contributed by atoms with van der Waals surface area (Å²) < 4.78 is 5.86. The molecule has 0 saturated carbocycles. The molecule has 0 amide bonds. The van der Waals surface area contributed by atoms with Crippen LogP contribution in [-0.2, 0) is 6.54 Å². The van der Waals surface area contributed by atoms with E-state index in [-0.39, 0.29) is 6.04 Å². The van der Waals surface area contributed by atoms with E-state index in [1.807, 2.05) is 0 Å². The van der Waals surface area contributed by atoms with Crippen molar-refractivity contribution in [1.82, 2.24) is 4.90 Å². The average molecular weight is 246 g/mol. The van der Waals surface area contributed by atoms with Gasteiger partial charge in [0.15, 0.2) is 0 Å². The molecule has 18 heavy (non-hydrogen) atoms. The predicted molar refractivity (Wildman–Crippen MR) is 72.6 cm³/mol. The summed E-state index contributed by atoms with van der Waals surface area (Å²) >= 11 is 0. The van der Waals surface area contributed by atoms with Crippen LogP contribution in [0.25, 0.3) is 0 Å². The molecule has 3 heteroatoms. The maximum absolute atomic E-state index is 6.15. The van der Waals surface area contributed by atoms with Gasteiger partial charge < -0.3 is 10.5 Å². The summed E-state index contributed by atoms with van der Waals surface area (Å²) in [4.78, 5) is 2.53. The van der Waals surface area contributed by atoms with Crippen LogP contribution in [-0.4, -0.2) is 24.6 Å². The van der Waals surface area contributed by atoms with Crippen molar-refractivity contribution in [2.24, 2.45) is 5.73 Å². The molecule has 0 aromatic heterocycles. The molecule has 2 aliphatic heterocycles. The molecular formula is C15H22N2O. The van der Waals surface area contributed by atoms with Crippen LogP contribution in [0.5, 0.6) is 5.75 Å². The number of hydrogen-bond donors (Lipinski definition) is 1. The molecule has 0 bridgehead atoms. The molecule has 1 aromatic carbocycles. The Morgan fingerprint density at radius 1 is 1.22 bits per heavy atom. The Hall–Kier alpha value is -1.06. The largest absolute Gasteiger partial charge is 0.493 e. The highest BCUT2D eigenvalue weighted by Crippen LogP contribution is 2.34. The van der Waals surface area contributed by atoms with Gasteiger partial charge in [-0.25, -0.2) is 0 Å². The summed E-state index contributed by atoms with van der Waals surface area (Å²) in [5.41, 5.74) is 8.66. The van der Waals surface area contributed by atoms with Crippen molar-refractivity contribution in [3.63, 3.8) is 0 Å². The molecule has 98 valence electrons. The van der Waals surface area contributed by atoms with Gasteiger partial charge in [-0.2, -0.15) is 0 Å². The molecule has 1 atom stereocenters. The zero-order chi connectivity index (χ0) is 12.4. The fourth-order valence-electron chi connectivity index (χ4n) is 3.00. The standard InChI is InChI=1S/C15H22N2O/c16-14-7-10-18-15-12(5-4-6-13(14)15)11-17-8-2-1-3-9-17/h4-6,14H,1-3,7-11,16H2. The van der Waals surface area contributed by atoms with Gasteiger partial charge in [0.1, 0.15) is 5.75 Å². The SMILES string of the molecule is NC1CCOc2c(CN3CCCCC3)cccc21. The van der Waals surface area contributed by atoms with Crippen LogP contribution in [0.2, 0.25) is 0 Å². The van der Waals surface area contributed by atoms with E-state index in [4.69, 9.17) is 10.5 Å². The van der Waals surface area contributed by atoms with E-state index < -0.39 is 0 Å². The molecule has 0 spiro atoms. The van der Waals surface area contributed by atoms with E-state index in [2.05, 4.69) is 23.1 Å². The number of rotatable bonds is 2. The van der Waals surface area contributed by atoms with Gasteiger partial charge in [0, 0.05) is 30.1 Å². The number of fused-ring (bicyclic) bond motifs is 1. The molecule has 1 saturated heterocycles. The monoisotopic (exact) mass is 246 g/mol. The molecule has 2 heterocycles. The molecule has 3 nitrogen and oxygen atoms in total. The van der Waals surface area contributed by atoms with Crippen LogP contribution in [0.1, 0.15) is 42.9 Å². The Balaban J connectivity index is 1.81. The minimum atomic E-state index is 0.148. The van der Waals surface area contributed by atoms with Crippen LogP contribution in [0.3, 0.4) is 0 Å². The van der Waals surface area contributed by atoms with Crippen molar-refractivity contribution in [2.45, 2.75) is 38.3 Å². The van der Waals surface area contributed by atoms with Crippen LogP contribution in [0, 0.1) is 0 Å². The quantitative estimate of drug-likeness (QED) is 0.871. The highest BCUT2D eigenvalue weighted by atomic mass is 16.5. The topological polar surface area (TPSA) is 38.5 Å². The number of nitrogens with two attached hydrogens (primary N) is 1. The van der Waals surface area contributed by atoms with Gasteiger partial charge in [-0.3, -0.25) is 4.90 Å². The number of likely N-dealkylation sites (tertiary alicyclic amines) is 1. The van der Waals surface area contributed by atoms with Gasteiger partial charge in [-0.05, 0) is 25.9 Å². The van der Waals surface area contributed by atoms with Crippen molar-refractivity contribution < 1.29 is 4.74 Å². The number of para-hydroxylation sites is 1. The van der Waals surface area contributed by atoms with Crippen molar-refractivity contribution in [3.05, 3.63) is 29.3 Å². The molecule has 0 aliphatic carbocycles. The molecule has 1 aromatic rings. The highest BCUT2D eigenvalue weighted by molar-refractivity contribution is 5.44. The fourth-order valence-corrected chi connectivity index (χ4v) is 3.00. The third kappa shape index (κ3) is 2.38. The first-order valence-corrected chi connectivity index (χ1v) is 7.07. The maximum atomic E-state index is 6.15. The molecule has 3 rings (SSSR count). The van der Waals surface area contributed by atoms with E-state index in [1.54, 1.807) is 0 Å². The number of nitrogens with zero attached hydrogens (tertiary/aromatic N) is 1. The minimum absolute atomic E-state index is 0.148. The van der Waals surface area contributed by atoms with Crippen LogP contribution < -0.4 is 10.5 Å². The molecule has 2 aliphatic rings.